The van der Waals surface area contributed by atoms with Crippen LogP contribution in [0.2, 0.25) is 6.55 Å². The van der Waals surface area contributed by atoms with Crippen LogP contribution < -0.4 is 0 Å². The molecule has 0 amide bonds. The molecule has 0 spiro atoms. The van der Waals surface area contributed by atoms with E-state index in [1.165, 1.54) is 0 Å². The summed E-state index contributed by atoms with van der Waals surface area (Å²) in [6, 6.07) is 8.85. The van der Waals surface area contributed by atoms with E-state index in [1.54, 1.807) is 24.3 Å². The van der Waals surface area contributed by atoms with Crippen LogP contribution in [0.15, 0.2) is 30.3 Å². The Morgan fingerprint density at radius 2 is 1.73 bits per heavy atom. The van der Waals surface area contributed by atoms with Gasteiger partial charge in [0.25, 0.3) is 0 Å². The predicted molar refractivity (Wildman–Crippen MR) is 44.0 cm³/mol. The lowest BCUT2D eigenvalue weighted by Gasteiger charge is -2.05. The van der Waals surface area contributed by atoms with Gasteiger partial charge in [0.1, 0.15) is 0 Å². The summed E-state index contributed by atoms with van der Waals surface area (Å²) < 4.78 is 25.1. The summed E-state index contributed by atoms with van der Waals surface area (Å²) in [6.07, 6.45) is 0. The summed E-state index contributed by atoms with van der Waals surface area (Å²) in [7, 11) is -3.90. The van der Waals surface area contributed by atoms with Crippen molar-refractivity contribution in [3.8, 4) is 0 Å². The Labute approximate surface area is 66.2 Å². The summed E-state index contributed by atoms with van der Waals surface area (Å²) in [5.41, 5.74) is 0.742. The van der Waals surface area contributed by atoms with Crippen molar-refractivity contribution in [1.82, 2.24) is 0 Å². The molecule has 1 aromatic rings. The lowest BCUT2D eigenvalue weighted by molar-refractivity contribution is 0.608. The van der Waals surface area contributed by atoms with Crippen LogP contribution in [-0.4, -0.2) is 8.74 Å². The Balaban J connectivity index is 2.66. The molecule has 0 saturated carbocycles. The van der Waals surface area contributed by atoms with E-state index >= 15 is 0 Å². The third kappa shape index (κ3) is 3.27. The second kappa shape index (κ2) is 3.13. The highest BCUT2D eigenvalue weighted by atomic mass is 28.4. The van der Waals surface area contributed by atoms with E-state index in [9.17, 15) is 8.22 Å². The number of benzene rings is 1. The van der Waals surface area contributed by atoms with Gasteiger partial charge in [0.2, 0.25) is 0 Å². The van der Waals surface area contributed by atoms with Crippen molar-refractivity contribution < 1.29 is 8.22 Å². The van der Waals surface area contributed by atoms with Crippen LogP contribution in [0.4, 0.5) is 8.22 Å². The molecule has 0 aromatic heterocycles. The highest BCUT2D eigenvalue weighted by Gasteiger charge is 2.27. The van der Waals surface area contributed by atoms with Crippen LogP contribution in [-0.2, 0) is 6.04 Å². The van der Waals surface area contributed by atoms with E-state index in [1.807, 2.05) is 6.07 Å². The first-order valence-electron chi connectivity index (χ1n) is 3.50. The molecule has 0 fully saturated rings. The van der Waals surface area contributed by atoms with Crippen LogP contribution in [0.1, 0.15) is 5.56 Å². The first-order valence-corrected chi connectivity index (χ1v) is 5.96. The maximum absolute atomic E-state index is 12.5. The zero-order valence-electron chi connectivity index (χ0n) is 6.35. The van der Waals surface area contributed by atoms with Crippen molar-refractivity contribution in [2.24, 2.45) is 0 Å². The number of halogens is 2. The summed E-state index contributed by atoms with van der Waals surface area (Å²) in [6.45, 7) is 1.07. The van der Waals surface area contributed by atoms with Crippen LogP contribution in [0.3, 0.4) is 0 Å². The van der Waals surface area contributed by atoms with Gasteiger partial charge in [0.05, 0.1) is 0 Å². The second-order valence-corrected chi connectivity index (χ2v) is 5.23. The minimum atomic E-state index is -3.90. The molecule has 0 saturated heterocycles. The van der Waals surface area contributed by atoms with Gasteiger partial charge in [0, 0.05) is 6.04 Å². The van der Waals surface area contributed by atoms with Gasteiger partial charge in [-0.25, -0.2) is 0 Å². The Morgan fingerprint density at radius 3 is 2.18 bits per heavy atom. The minimum absolute atomic E-state index is 0.0339. The third-order valence-electron chi connectivity index (χ3n) is 1.36. The molecule has 0 bridgehead atoms. The van der Waals surface area contributed by atoms with E-state index in [0.29, 0.717) is 0 Å². The van der Waals surface area contributed by atoms with E-state index in [-0.39, 0.29) is 6.04 Å². The van der Waals surface area contributed by atoms with Gasteiger partial charge in [0.15, 0.2) is 0 Å². The Morgan fingerprint density at radius 1 is 1.18 bits per heavy atom. The maximum Gasteiger partial charge on any atom is 0.426 e. The molecule has 1 rings (SSSR count). The SMILES string of the molecule is C[Si](F)(F)Cc1ccccc1. The van der Waals surface area contributed by atoms with Crippen molar-refractivity contribution in [3.05, 3.63) is 35.9 Å². The summed E-state index contributed by atoms with van der Waals surface area (Å²) in [5.74, 6) is 0. The Kier molecular flexibility index (Phi) is 2.39. The van der Waals surface area contributed by atoms with Gasteiger partial charge in [-0.1, -0.05) is 30.3 Å². The van der Waals surface area contributed by atoms with Crippen molar-refractivity contribution >= 4 is 8.74 Å². The smallest absolute Gasteiger partial charge is 0.270 e. The fourth-order valence-electron chi connectivity index (χ4n) is 0.954. The van der Waals surface area contributed by atoms with E-state index in [0.717, 1.165) is 12.1 Å². The van der Waals surface area contributed by atoms with Crippen LogP contribution in [0, 0.1) is 0 Å². The fourth-order valence-corrected chi connectivity index (χ4v) is 1.91. The molecule has 0 nitrogen and oxygen atoms in total. The molecule has 0 aliphatic rings. The molecule has 0 N–H and O–H groups in total. The second-order valence-electron chi connectivity index (χ2n) is 2.73. The van der Waals surface area contributed by atoms with Gasteiger partial charge in [-0.05, 0) is 12.1 Å². The Bertz CT molecular complexity index is 215. The average molecular weight is 172 g/mol. The quantitative estimate of drug-likeness (QED) is 0.475. The standard InChI is InChI=1S/C8H10F2Si/c1-11(9,10)7-8-5-3-2-4-6-8/h2-6H,7H2,1H3. The van der Waals surface area contributed by atoms with Crippen molar-refractivity contribution in [3.63, 3.8) is 0 Å². The Hall–Kier alpha value is -0.703. The summed E-state index contributed by atoms with van der Waals surface area (Å²) in [4.78, 5) is 0. The first-order chi connectivity index (χ1) is 5.08. The number of rotatable bonds is 2. The molecule has 0 radical (unpaired) electrons. The van der Waals surface area contributed by atoms with Gasteiger partial charge in [-0.2, -0.15) is 0 Å². The molecule has 0 aliphatic carbocycles. The first kappa shape index (κ1) is 8.39. The molecule has 1 aromatic carbocycles. The zero-order valence-corrected chi connectivity index (χ0v) is 7.35. The van der Waals surface area contributed by atoms with E-state index in [2.05, 4.69) is 0 Å². The number of hydrogen-bond acceptors (Lipinski definition) is 0. The molecule has 0 unspecified atom stereocenters. The normalized spacial score (nSPS) is 11.5. The van der Waals surface area contributed by atoms with Gasteiger partial charge in [-0.15, -0.1) is 0 Å². The van der Waals surface area contributed by atoms with Crippen molar-refractivity contribution in [1.29, 1.82) is 0 Å². The molecule has 0 heterocycles. The molecule has 0 aliphatic heterocycles. The highest BCUT2D eigenvalue weighted by molar-refractivity contribution is 6.64. The molecule has 11 heavy (non-hydrogen) atoms. The van der Waals surface area contributed by atoms with Gasteiger partial charge in [-0.3, -0.25) is 8.22 Å². The van der Waals surface area contributed by atoms with Crippen LogP contribution >= 0.6 is 0 Å². The monoisotopic (exact) mass is 172 g/mol. The largest absolute Gasteiger partial charge is 0.426 e. The topological polar surface area (TPSA) is 0 Å². The molecular formula is C8H10F2Si. The highest BCUT2D eigenvalue weighted by Crippen LogP contribution is 2.13. The third-order valence-corrected chi connectivity index (χ3v) is 2.39. The molecule has 3 heteroatoms. The fraction of sp³-hybridized carbons (Fsp3) is 0.250. The molecular weight excluding hydrogens is 162 g/mol. The van der Waals surface area contributed by atoms with Crippen LogP contribution in [0.5, 0.6) is 0 Å². The maximum atomic E-state index is 12.5. The van der Waals surface area contributed by atoms with Crippen molar-refractivity contribution in [2.45, 2.75) is 12.6 Å². The van der Waals surface area contributed by atoms with Crippen LogP contribution in [0.25, 0.3) is 0 Å². The van der Waals surface area contributed by atoms with Gasteiger partial charge >= 0.3 is 8.74 Å². The zero-order chi connectivity index (χ0) is 8.32. The van der Waals surface area contributed by atoms with E-state index < -0.39 is 8.74 Å². The molecule has 60 valence electrons. The predicted octanol–water partition coefficient (Wildman–Crippen LogP) is 2.78. The number of hydrogen-bond donors (Lipinski definition) is 0. The van der Waals surface area contributed by atoms with E-state index in [4.69, 9.17) is 0 Å². The van der Waals surface area contributed by atoms with Crippen molar-refractivity contribution in [2.75, 3.05) is 0 Å². The van der Waals surface area contributed by atoms with Gasteiger partial charge < -0.3 is 0 Å². The molecule has 0 atom stereocenters. The lowest BCUT2D eigenvalue weighted by atomic mass is 10.2. The average Bonchev–Trinajstić information content (AvgIpc) is 1.85. The summed E-state index contributed by atoms with van der Waals surface area (Å²) >= 11 is 0. The minimum Gasteiger partial charge on any atom is -0.270 e. The summed E-state index contributed by atoms with van der Waals surface area (Å²) in [5, 5.41) is 0. The lowest BCUT2D eigenvalue weighted by Crippen LogP contribution is -2.20.